The third kappa shape index (κ3) is 3.90. The average molecular weight is 284 g/mol. The van der Waals surface area contributed by atoms with Crippen molar-refractivity contribution in [1.82, 2.24) is 0 Å². The van der Waals surface area contributed by atoms with Gasteiger partial charge in [0, 0.05) is 5.41 Å². The number of phosphoric acid groups is 1. The fourth-order valence-electron chi connectivity index (χ4n) is 1.01. The van der Waals surface area contributed by atoms with Crippen LogP contribution in [0.5, 0.6) is 0 Å². The van der Waals surface area contributed by atoms with Crippen molar-refractivity contribution >= 4 is 15.0 Å². The third-order valence-corrected chi connectivity index (χ3v) is 7.26. The smallest absolute Gasteiger partial charge is 0.321 e. The van der Waals surface area contributed by atoms with Crippen LogP contribution in [-0.2, 0) is 22.7 Å². The van der Waals surface area contributed by atoms with E-state index in [0.29, 0.717) is 13.2 Å². The van der Waals surface area contributed by atoms with Crippen molar-refractivity contribution in [3.8, 4) is 0 Å². The van der Waals surface area contributed by atoms with E-state index in [0.717, 1.165) is 0 Å². The van der Waals surface area contributed by atoms with E-state index < -0.39 is 20.3 Å². The van der Waals surface area contributed by atoms with Crippen molar-refractivity contribution < 1.29 is 22.7 Å². The number of hydrogen-bond acceptors (Lipinski definition) is 5. The molecule has 0 N–H and O–H groups in total. The van der Waals surface area contributed by atoms with Crippen LogP contribution in [0.1, 0.15) is 27.7 Å². The van der Waals surface area contributed by atoms with Gasteiger partial charge < -0.3 is 4.57 Å². The molecule has 17 heavy (non-hydrogen) atoms. The van der Waals surface area contributed by atoms with Crippen molar-refractivity contribution in [2.45, 2.75) is 33.0 Å². The minimum Gasteiger partial charge on any atom is -0.321 e. The summed E-state index contributed by atoms with van der Waals surface area (Å²) in [6, 6.07) is 0. The van der Waals surface area contributed by atoms with Crippen LogP contribution in [0.3, 0.4) is 0 Å². The van der Waals surface area contributed by atoms with Gasteiger partial charge in [-0.2, -0.15) is 0 Å². The Hall–Kier alpha value is 0.340. The molecular weight excluding hydrogens is 262 g/mol. The van der Waals surface area contributed by atoms with Gasteiger partial charge in [-0.05, 0) is 27.2 Å². The molecule has 1 aliphatic rings. The Labute approximate surface area is 103 Å². The average Bonchev–Trinajstić information content (AvgIpc) is 2.09. The minimum atomic E-state index is -3.58. The van der Waals surface area contributed by atoms with Crippen LogP contribution in [0.15, 0.2) is 0 Å². The summed E-state index contributed by atoms with van der Waals surface area (Å²) in [4.78, 5) is 0. The van der Waals surface area contributed by atoms with Gasteiger partial charge in [0.2, 0.25) is 0 Å². The van der Waals surface area contributed by atoms with E-state index in [1.807, 2.05) is 13.8 Å². The highest BCUT2D eigenvalue weighted by atomic mass is 31.2. The van der Waals surface area contributed by atoms with Crippen molar-refractivity contribution in [1.29, 1.82) is 0 Å². The largest absolute Gasteiger partial charge is 0.475 e. The highest BCUT2D eigenvalue weighted by molar-refractivity contribution is 7.64. The minimum absolute atomic E-state index is 0.177. The van der Waals surface area contributed by atoms with E-state index in [1.54, 1.807) is 27.2 Å². The van der Waals surface area contributed by atoms with E-state index in [2.05, 4.69) is 0 Å². The zero-order chi connectivity index (χ0) is 13.5. The molecule has 5 nitrogen and oxygen atoms in total. The first kappa shape index (κ1) is 15.4. The first-order valence-corrected chi connectivity index (χ1v) is 9.58. The maximum absolute atomic E-state index is 12.2. The Morgan fingerprint density at radius 3 is 2.00 bits per heavy atom. The summed E-state index contributed by atoms with van der Waals surface area (Å²) in [5.74, 6) is 0. The predicted octanol–water partition coefficient (Wildman–Crippen LogP) is 3.54. The zero-order valence-electron chi connectivity index (χ0n) is 11.3. The predicted molar refractivity (Wildman–Crippen MR) is 67.9 cm³/mol. The molecule has 1 rings (SSSR count). The molecule has 0 unspecified atom stereocenters. The maximum atomic E-state index is 12.2. The van der Waals surface area contributed by atoms with Crippen LogP contribution >= 0.6 is 15.0 Å². The molecule has 1 saturated heterocycles. The number of rotatable bonds is 3. The van der Waals surface area contributed by atoms with Crippen LogP contribution in [0, 0.1) is 5.41 Å². The molecule has 0 radical (unpaired) electrons. The van der Waals surface area contributed by atoms with E-state index >= 15 is 0 Å². The summed E-state index contributed by atoms with van der Waals surface area (Å²) < 4.78 is 40.0. The quantitative estimate of drug-likeness (QED) is 0.742. The molecule has 1 fully saturated rings. The Bertz CT molecular complexity index is 368. The Balaban J connectivity index is 2.77. The SMILES string of the molecule is CC1(C)COP(=O)(OC(C)(C)P(C)(C)=O)OC1. The Morgan fingerprint density at radius 1 is 1.24 bits per heavy atom. The maximum Gasteiger partial charge on any atom is 0.475 e. The van der Waals surface area contributed by atoms with Gasteiger partial charge in [-0.3, -0.25) is 13.6 Å². The lowest BCUT2D eigenvalue weighted by molar-refractivity contribution is -0.0140. The lowest BCUT2D eigenvalue weighted by atomic mass is 9.97. The van der Waals surface area contributed by atoms with Gasteiger partial charge in [-0.1, -0.05) is 13.8 Å². The second-order valence-corrected chi connectivity index (χ2v) is 11.4. The van der Waals surface area contributed by atoms with Crippen LogP contribution in [0.2, 0.25) is 0 Å². The van der Waals surface area contributed by atoms with Crippen LogP contribution in [0.4, 0.5) is 0 Å². The number of hydrogen-bond donors (Lipinski definition) is 0. The Kier molecular flexibility index (Phi) is 4.05. The van der Waals surface area contributed by atoms with Gasteiger partial charge in [0.1, 0.15) is 12.5 Å². The topological polar surface area (TPSA) is 61.8 Å². The molecule has 1 aliphatic heterocycles. The molecule has 102 valence electrons. The molecule has 0 spiro atoms. The molecule has 0 aliphatic carbocycles. The summed E-state index contributed by atoms with van der Waals surface area (Å²) in [5, 5.41) is -1.02. The second-order valence-electron chi connectivity index (χ2n) is 6.05. The molecule has 0 aromatic heterocycles. The molecule has 0 bridgehead atoms. The normalized spacial score (nSPS) is 24.6. The van der Waals surface area contributed by atoms with Crippen molar-refractivity contribution in [3.05, 3.63) is 0 Å². The first-order chi connectivity index (χ1) is 7.37. The molecule has 7 heteroatoms. The zero-order valence-corrected chi connectivity index (χ0v) is 13.1. The van der Waals surface area contributed by atoms with E-state index in [9.17, 15) is 9.13 Å². The highest BCUT2D eigenvalue weighted by Gasteiger charge is 2.46. The van der Waals surface area contributed by atoms with Gasteiger partial charge in [0.25, 0.3) is 0 Å². The summed E-state index contributed by atoms with van der Waals surface area (Å²) >= 11 is 0. The second kappa shape index (κ2) is 4.47. The van der Waals surface area contributed by atoms with E-state index in [-0.39, 0.29) is 5.41 Å². The Morgan fingerprint density at radius 2 is 1.65 bits per heavy atom. The number of phosphoric ester groups is 1. The summed E-state index contributed by atoms with van der Waals surface area (Å²) in [6.07, 6.45) is 0. The van der Waals surface area contributed by atoms with E-state index in [4.69, 9.17) is 13.6 Å². The summed E-state index contributed by atoms with van der Waals surface area (Å²) in [6.45, 7) is 11.0. The van der Waals surface area contributed by atoms with Crippen LogP contribution in [0.25, 0.3) is 0 Å². The summed E-state index contributed by atoms with van der Waals surface area (Å²) in [7, 11) is -6.15. The molecular formula is C10H22O5P2. The lowest BCUT2D eigenvalue weighted by Crippen LogP contribution is -2.32. The van der Waals surface area contributed by atoms with Crippen molar-refractivity contribution in [2.75, 3.05) is 26.5 Å². The molecule has 0 aromatic rings. The van der Waals surface area contributed by atoms with Gasteiger partial charge in [0.05, 0.1) is 13.2 Å². The molecule has 0 atom stereocenters. The first-order valence-electron chi connectivity index (χ1n) is 5.52. The molecule has 0 aromatic carbocycles. The standard InChI is InChI=1S/C10H22O5P2/c1-9(2)7-13-17(12,14-8-9)15-10(3,4)16(5,6)11/h7-8H2,1-6H3. The fraction of sp³-hybridized carbons (Fsp3) is 1.00. The van der Waals surface area contributed by atoms with Gasteiger partial charge in [-0.25, -0.2) is 4.57 Å². The third-order valence-electron chi connectivity index (χ3n) is 2.86. The van der Waals surface area contributed by atoms with Crippen molar-refractivity contribution in [2.24, 2.45) is 5.41 Å². The van der Waals surface area contributed by atoms with E-state index in [1.165, 1.54) is 0 Å². The molecule has 0 amide bonds. The molecule has 0 saturated carbocycles. The monoisotopic (exact) mass is 284 g/mol. The van der Waals surface area contributed by atoms with Gasteiger partial charge in [0.15, 0.2) is 0 Å². The summed E-state index contributed by atoms with van der Waals surface area (Å²) in [5.41, 5.74) is -0.177. The lowest BCUT2D eigenvalue weighted by Gasteiger charge is -2.38. The van der Waals surface area contributed by atoms with Crippen LogP contribution in [-0.4, -0.2) is 31.9 Å². The van der Waals surface area contributed by atoms with Gasteiger partial charge in [-0.15, -0.1) is 0 Å². The van der Waals surface area contributed by atoms with Crippen molar-refractivity contribution in [3.63, 3.8) is 0 Å². The molecule has 1 heterocycles. The fourth-order valence-corrected chi connectivity index (χ4v) is 3.84. The van der Waals surface area contributed by atoms with Crippen LogP contribution < -0.4 is 0 Å². The highest BCUT2D eigenvalue weighted by Crippen LogP contribution is 2.64. The van der Waals surface area contributed by atoms with Gasteiger partial charge >= 0.3 is 7.82 Å².